The predicted molar refractivity (Wildman–Crippen MR) is 68.7 cm³/mol. The van der Waals surface area contributed by atoms with Gasteiger partial charge in [-0.1, -0.05) is 27.5 Å². The molecule has 2 rings (SSSR count). The number of benzene rings is 1. The third-order valence-corrected chi connectivity index (χ3v) is 2.90. The number of nitrogens with one attached hydrogen (secondary N) is 1. The Kier molecular flexibility index (Phi) is 3.16. The third kappa shape index (κ3) is 2.05. The van der Waals surface area contributed by atoms with Crippen molar-refractivity contribution in [2.75, 3.05) is 12.4 Å². The summed E-state index contributed by atoms with van der Waals surface area (Å²) in [5.41, 5.74) is 0.927. The van der Waals surface area contributed by atoms with Crippen LogP contribution in [-0.2, 0) is 7.05 Å². The predicted octanol–water partition coefficient (Wildman–Crippen LogP) is 2.94. The van der Waals surface area contributed by atoms with Crippen molar-refractivity contribution in [2.24, 2.45) is 7.05 Å². The molecule has 1 aromatic heterocycles. The van der Waals surface area contributed by atoms with Crippen LogP contribution in [-0.4, -0.2) is 21.8 Å². The molecule has 1 heterocycles. The fourth-order valence-electron chi connectivity index (χ4n) is 1.48. The largest absolute Gasteiger partial charge is 0.357 e. The van der Waals surface area contributed by atoms with Gasteiger partial charge in [0.15, 0.2) is 5.82 Å². The van der Waals surface area contributed by atoms with E-state index in [2.05, 4.69) is 31.4 Å². The molecule has 0 atom stereocenters. The zero-order chi connectivity index (χ0) is 11.7. The Morgan fingerprint density at radius 3 is 2.62 bits per heavy atom. The van der Waals surface area contributed by atoms with Crippen LogP contribution in [0.5, 0.6) is 0 Å². The molecule has 0 saturated heterocycles. The Balaban J connectivity index is 2.54. The van der Waals surface area contributed by atoms with Crippen molar-refractivity contribution in [2.45, 2.75) is 0 Å². The van der Waals surface area contributed by atoms with Gasteiger partial charge in [-0.2, -0.15) is 0 Å². The quantitative estimate of drug-likeness (QED) is 0.927. The van der Waals surface area contributed by atoms with Crippen LogP contribution in [0.4, 0.5) is 5.95 Å². The van der Waals surface area contributed by atoms with Gasteiger partial charge in [0.25, 0.3) is 0 Å². The fraction of sp³-hybridized carbons (Fsp3) is 0.200. The molecule has 0 bridgehead atoms. The number of rotatable bonds is 2. The highest BCUT2D eigenvalue weighted by Gasteiger charge is 2.10. The number of hydrogen-bond acceptors (Lipinski definition) is 3. The third-order valence-electron chi connectivity index (χ3n) is 2.22. The van der Waals surface area contributed by atoms with Crippen LogP contribution in [0, 0.1) is 0 Å². The van der Waals surface area contributed by atoms with Gasteiger partial charge in [-0.05, 0) is 18.2 Å². The van der Waals surface area contributed by atoms with Crippen LogP contribution in [0.3, 0.4) is 0 Å². The van der Waals surface area contributed by atoms with Crippen LogP contribution in [0.15, 0.2) is 22.7 Å². The lowest BCUT2D eigenvalue weighted by Crippen LogP contribution is -1.99. The summed E-state index contributed by atoms with van der Waals surface area (Å²) in [7, 11) is 3.71. The number of nitrogens with zero attached hydrogens (tertiary/aromatic N) is 3. The molecule has 1 aromatic carbocycles. The summed E-state index contributed by atoms with van der Waals surface area (Å²) >= 11 is 9.39. The van der Waals surface area contributed by atoms with Gasteiger partial charge in [-0.15, -0.1) is 10.2 Å². The molecule has 0 amide bonds. The Morgan fingerprint density at radius 1 is 1.31 bits per heavy atom. The van der Waals surface area contributed by atoms with Gasteiger partial charge in [0, 0.05) is 29.2 Å². The molecule has 16 heavy (non-hydrogen) atoms. The second kappa shape index (κ2) is 4.43. The molecule has 0 unspecified atom stereocenters. The van der Waals surface area contributed by atoms with E-state index in [-0.39, 0.29) is 0 Å². The molecule has 0 spiro atoms. The maximum absolute atomic E-state index is 5.99. The van der Waals surface area contributed by atoms with Crippen LogP contribution in [0.2, 0.25) is 5.02 Å². The number of anilines is 1. The van der Waals surface area contributed by atoms with Crippen LogP contribution in [0.25, 0.3) is 11.4 Å². The lowest BCUT2D eigenvalue weighted by atomic mass is 10.2. The molecule has 0 radical (unpaired) electrons. The summed E-state index contributed by atoms with van der Waals surface area (Å²) in [6.07, 6.45) is 0. The average molecular weight is 302 g/mol. The van der Waals surface area contributed by atoms with E-state index in [1.165, 1.54) is 0 Å². The molecule has 4 nitrogen and oxygen atoms in total. The minimum atomic E-state index is 0.665. The smallest absolute Gasteiger partial charge is 0.224 e. The van der Waals surface area contributed by atoms with Gasteiger partial charge >= 0.3 is 0 Å². The first-order valence-corrected chi connectivity index (χ1v) is 5.82. The maximum atomic E-state index is 5.99. The van der Waals surface area contributed by atoms with Crippen molar-refractivity contribution in [3.05, 3.63) is 27.7 Å². The molecule has 2 aromatic rings. The molecule has 0 aliphatic carbocycles. The van der Waals surface area contributed by atoms with Gasteiger partial charge in [0.1, 0.15) is 0 Å². The minimum Gasteiger partial charge on any atom is -0.357 e. The average Bonchev–Trinajstić information content (AvgIpc) is 2.58. The molecular formula is C10H10BrClN4. The first kappa shape index (κ1) is 11.4. The van der Waals surface area contributed by atoms with E-state index in [1.807, 2.05) is 36.9 Å². The first-order chi connectivity index (χ1) is 7.61. The molecule has 0 aliphatic rings. The van der Waals surface area contributed by atoms with Crippen molar-refractivity contribution >= 4 is 33.5 Å². The van der Waals surface area contributed by atoms with E-state index in [9.17, 15) is 0 Å². The van der Waals surface area contributed by atoms with Crippen molar-refractivity contribution in [3.63, 3.8) is 0 Å². The van der Waals surface area contributed by atoms with Crippen molar-refractivity contribution in [1.29, 1.82) is 0 Å². The lowest BCUT2D eigenvalue weighted by molar-refractivity contribution is 0.925. The summed E-state index contributed by atoms with van der Waals surface area (Å²) in [5, 5.41) is 11.7. The van der Waals surface area contributed by atoms with E-state index in [4.69, 9.17) is 11.6 Å². The van der Waals surface area contributed by atoms with Crippen molar-refractivity contribution < 1.29 is 0 Å². The van der Waals surface area contributed by atoms with Gasteiger partial charge in [-0.25, -0.2) is 0 Å². The Morgan fingerprint density at radius 2 is 2.06 bits per heavy atom. The van der Waals surface area contributed by atoms with Gasteiger partial charge in [0.05, 0.1) is 0 Å². The SMILES string of the molecule is CNc1nnc(-c2cc(Cl)cc(Br)c2)n1C. The zero-order valence-corrected chi connectivity index (χ0v) is 11.2. The Bertz CT molecular complexity index is 503. The fourth-order valence-corrected chi connectivity index (χ4v) is 2.34. The van der Waals surface area contributed by atoms with E-state index in [0.717, 1.165) is 15.9 Å². The number of aromatic nitrogens is 3. The highest BCUT2D eigenvalue weighted by Crippen LogP contribution is 2.26. The number of hydrogen-bond donors (Lipinski definition) is 1. The van der Waals surface area contributed by atoms with E-state index in [1.54, 1.807) is 0 Å². The standard InChI is InChI=1S/C10H10BrClN4/c1-13-10-15-14-9(16(10)2)6-3-7(11)5-8(12)4-6/h3-5H,1-2H3,(H,13,15). The molecule has 1 N–H and O–H groups in total. The highest BCUT2D eigenvalue weighted by molar-refractivity contribution is 9.10. The summed E-state index contributed by atoms with van der Waals surface area (Å²) in [6, 6.07) is 5.64. The second-order valence-electron chi connectivity index (χ2n) is 3.31. The van der Waals surface area contributed by atoms with E-state index >= 15 is 0 Å². The Hall–Kier alpha value is -1.07. The summed E-state index contributed by atoms with van der Waals surface area (Å²) < 4.78 is 2.79. The maximum Gasteiger partial charge on any atom is 0.224 e. The first-order valence-electron chi connectivity index (χ1n) is 4.65. The van der Waals surface area contributed by atoms with Crippen LogP contribution in [0.1, 0.15) is 0 Å². The lowest BCUT2D eigenvalue weighted by Gasteiger charge is -2.04. The van der Waals surface area contributed by atoms with Crippen LogP contribution >= 0.6 is 27.5 Å². The molecule has 0 saturated carbocycles. The Labute approximate surface area is 107 Å². The van der Waals surface area contributed by atoms with Crippen LogP contribution < -0.4 is 5.32 Å². The molecule has 6 heteroatoms. The molecular weight excluding hydrogens is 291 g/mol. The topological polar surface area (TPSA) is 42.7 Å². The normalized spacial score (nSPS) is 10.5. The van der Waals surface area contributed by atoms with Gasteiger partial charge in [-0.3, -0.25) is 4.57 Å². The van der Waals surface area contributed by atoms with Gasteiger partial charge in [0.2, 0.25) is 5.95 Å². The summed E-state index contributed by atoms with van der Waals surface area (Å²) in [4.78, 5) is 0. The molecule has 0 fully saturated rings. The molecule has 84 valence electrons. The van der Waals surface area contributed by atoms with Crippen molar-refractivity contribution in [1.82, 2.24) is 14.8 Å². The van der Waals surface area contributed by atoms with E-state index < -0.39 is 0 Å². The summed E-state index contributed by atoms with van der Waals surface area (Å²) in [5.74, 6) is 1.48. The van der Waals surface area contributed by atoms with Gasteiger partial charge < -0.3 is 5.32 Å². The summed E-state index contributed by atoms with van der Waals surface area (Å²) in [6.45, 7) is 0. The molecule has 0 aliphatic heterocycles. The monoisotopic (exact) mass is 300 g/mol. The second-order valence-corrected chi connectivity index (χ2v) is 4.67. The number of halogens is 2. The van der Waals surface area contributed by atoms with Crippen molar-refractivity contribution in [3.8, 4) is 11.4 Å². The minimum absolute atomic E-state index is 0.665. The van der Waals surface area contributed by atoms with E-state index in [0.29, 0.717) is 11.0 Å². The zero-order valence-electron chi connectivity index (χ0n) is 8.83. The highest BCUT2D eigenvalue weighted by atomic mass is 79.9.